The molecule has 20 heavy (non-hydrogen) atoms. The van der Waals surface area contributed by atoms with E-state index in [0.29, 0.717) is 6.42 Å². The zero-order valence-corrected chi connectivity index (χ0v) is 13.6. The van der Waals surface area contributed by atoms with Gasteiger partial charge < -0.3 is 15.7 Å². The van der Waals surface area contributed by atoms with Crippen LogP contribution in [0.5, 0.6) is 0 Å². The third kappa shape index (κ3) is 6.91. The van der Waals surface area contributed by atoms with Crippen molar-refractivity contribution in [3.05, 3.63) is 34.3 Å². The maximum absolute atomic E-state index is 11.8. The van der Waals surface area contributed by atoms with E-state index in [1.54, 1.807) is 0 Å². The molecule has 1 aromatic carbocycles. The van der Waals surface area contributed by atoms with Gasteiger partial charge in [-0.3, -0.25) is 0 Å². The first-order valence-corrected chi connectivity index (χ1v) is 7.73. The van der Waals surface area contributed by atoms with Gasteiger partial charge in [0.1, 0.15) is 0 Å². The second-order valence-electron chi connectivity index (χ2n) is 5.12. The van der Waals surface area contributed by atoms with E-state index in [1.807, 2.05) is 32.0 Å². The average molecular weight is 343 g/mol. The van der Waals surface area contributed by atoms with Crippen LogP contribution in [0.4, 0.5) is 4.79 Å². The Bertz CT molecular complexity index is 426. The molecule has 5 heteroatoms. The summed E-state index contributed by atoms with van der Waals surface area (Å²) in [5.41, 5.74) is 1.18. The van der Waals surface area contributed by atoms with E-state index < -0.39 is 0 Å². The van der Waals surface area contributed by atoms with Crippen LogP contribution in [-0.4, -0.2) is 29.8 Å². The zero-order chi connectivity index (χ0) is 15.0. The molecule has 4 nitrogen and oxygen atoms in total. The number of nitrogens with one attached hydrogen (secondary N) is 2. The van der Waals surface area contributed by atoms with Gasteiger partial charge in [0.15, 0.2) is 0 Å². The van der Waals surface area contributed by atoms with Crippen molar-refractivity contribution in [1.82, 2.24) is 10.6 Å². The highest BCUT2D eigenvalue weighted by Gasteiger charge is 2.10. The molecule has 0 heterocycles. The summed E-state index contributed by atoms with van der Waals surface area (Å²) in [6.07, 6.45) is 2.27. The molecule has 1 rings (SSSR count). The molecule has 0 aliphatic carbocycles. The van der Waals surface area contributed by atoms with Crippen LogP contribution >= 0.6 is 15.9 Å². The van der Waals surface area contributed by atoms with Crippen molar-refractivity contribution in [2.75, 3.05) is 6.61 Å². The number of aliphatic hydroxyl groups is 1. The van der Waals surface area contributed by atoms with Crippen LogP contribution in [0, 0.1) is 0 Å². The molecular formula is C15H23BrN2O2. The highest BCUT2D eigenvalue weighted by atomic mass is 79.9. The predicted octanol–water partition coefficient (Wildman–Crippen LogP) is 2.84. The number of hydrogen-bond acceptors (Lipinski definition) is 2. The number of hydrogen-bond donors (Lipinski definition) is 3. The van der Waals surface area contributed by atoms with Crippen molar-refractivity contribution < 1.29 is 9.90 Å². The fourth-order valence-corrected chi connectivity index (χ4v) is 2.47. The monoisotopic (exact) mass is 342 g/mol. The van der Waals surface area contributed by atoms with Crippen LogP contribution in [0.25, 0.3) is 0 Å². The summed E-state index contributed by atoms with van der Waals surface area (Å²) in [6, 6.07) is 8.05. The van der Waals surface area contributed by atoms with E-state index in [1.165, 1.54) is 5.56 Å². The van der Waals surface area contributed by atoms with E-state index in [-0.39, 0.29) is 24.7 Å². The van der Waals surface area contributed by atoms with E-state index in [4.69, 9.17) is 5.11 Å². The van der Waals surface area contributed by atoms with E-state index in [0.717, 1.165) is 17.3 Å². The highest BCUT2D eigenvalue weighted by Crippen LogP contribution is 2.13. The molecule has 0 bridgehead atoms. The molecule has 112 valence electrons. The van der Waals surface area contributed by atoms with Crippen molar-refractivity contribution in [1.29, 1.82) is 0 Å². The molecule has 0 fully saturated rings. The van der Waals surface area contributed by atoms with Crippen molar-refractivity contribution in [2.24, 2.45) is 0 Å². The molecule has 1 aromatic rings. The maximum atomic E-state index is 11.8. The van der Waals surface area contributed by atoms with Gasteiger partial charge in [-0.2, -0.15) is 0 Å². The summed E-state index contributed by atoms with van der Waals surface area (Å²) >= 11 is 3.44. The molecule has 2 amide bonds. The Labute approximate surface area is 129 Å². The van der Waals surface area contributed by atoms with Gasteiger partial charge in [-0.15, -0.1) is 0 Å². The fraction of sp³-hybridized carbons (Fsp3) is 0.533. The first kappa shape index (κ1) is 17.0. The normalized spacial score (nSPS) is 13.6. The van der Waals surface area contributed by atoms with Crippen LogP contribution in [0.15, 0.2) is 28.7 Å². The molecule has 0 aliphatic heterocycles. The van der Waals surface area contributed by atoms with Gasteiger partial charge in [0, 0.05) is 23.2 Å². The van der Waals surface area contributed by atoms with Crippen molar-refractivity contribution >= 4 is 22.0 Å². The van der Waals surface area contributed by atoms with E-state index >= 15 is 0 Å². The molecule has 0 spiro atoms. The summed E-state index contributed by atoms with van der Waals surface area (Å²) in [7, 11) is 0. The lowest BCUT2D eigenvalue weighted by Gasteiger charge is -2.18. The second kappa shape index (κ2) is 8.97. The fourth-order valence-electron chi connectivity index (χ4n) is 2.03. The Morgan fingerprint density at radius 3 is 2.65 bits per heavy atom. The van der Waals surface area contributed by atoms with Gasteiger partial charge >= 0.3 is 6.03 Å². The third-order valence-corrected chi connectivity index (χ3v) is 3.47. The third-order valence-electron chi connectivity index (χ3n) is 2.98. The largest absolute Gasteiger partial charge is 0.396 e. The minimum atomic E-state index is -0.155. The Morgan fingerprint density at radius 1 is 1.30 bits per heavy atom. The van der Waals surface area contributed by atoms with Crippen molar-refractivity contribution in [2.45, 2.75) is 45.2 Å². The summed E-state index contributed by atoms with van der Waals surface area (Å²) in [5, 5.41) is 14.5. The number of urea groups is 1. The van der Waals surface area contributed by atoms with Crippen LogP contribution in [0.2, 0.25) is 0 Å². The quantitative estimate of drug-likeness (QED) is 0.713. The van der Waals surface area contributed by atoms with Gasteiger partial charge in [-0.05, 0) is 50.8 Å². The van der Waals surface area contributed by atoms with Gasteiger partial charge in [0.25, 0.3) is 0 Å². The molecule has 2 atom stereocenters. The van der Waals surface area contributed by atoms with Gasteiger partial charge in [-0.1, -0.05) is 28.1 Å². The van der Waals surface area contributed by atoms with Gasteiger partial charge in [0.05, 0.1) is 0 Å². The second-order valence-corrected chi connectivity index (χ2v) is 6.04. The van der Waals surface area contributed by atoms with Crippen molar-refractivity contribution in [3.8, 4) is 0 Å². The standard InChI is InChI=1S/C15H23BrN2O2/c1-11(5-4-8-19)17-15(20)18-12(2)9-13-6-3-7-14(16)10-13/h3,6-7,10-12,19H,4-5,8-9H2,1-2H3,(H2,17,18,20). The Balaban J connectivity index is 2.34. The van der Waals surface area contributed by atoms with E-state index in [9.17, 15) is 4.79 Å². The molecule has 0 saturated carbocycles. The van der Waals surface area contributed by atoms with Crippen LogP contribution in [0.1, 0.15) is 32.3 Å². The average Bonchev–Trinajstić information content (AvgIpc) is 2.35. The summed E-state index contributed by atoms with van der Waals surface area (Å²) < 4.78 is 1.05. The SMILES string of the molecule is CC(CCCO)NC(=O)NC(C)Cc1cccc(Br)c1. The molecule has 2 unspecified atom stereocenters. The lowest BCUT2D eigenvalue weighted by molar-refractivity contribution is 0.231. The summed E-state index contributed by atoms with van der Waals surface area (Å²) in [6.45, 7) is 4.08. The first-order chi connectivity index (χ1) is 9.51. The number of carbonyl (C=O) groups excluding carboxylic acids is 1. The number of benzene rings is 1. The number of amides is 2. The van der Waals surface area contributed by atoms with Crippen LogP contribution in [-0.2, 0) is 6.42 Å². The molecule has 0 aliphatic rings. The van der Waals surface area contributed by atoms with Crippen molar-refractivity contribution in [3.63, 3.8) is 0 Å². The number of rotatable bonds is 7. The minimum absolute atomic E-state index is 0.0642. The Kier molecular flexibility index (Phi) is 7.62. The lowest BCUT2D eigenvalue weighted by Crippen LogP contribution is -2.45. The summed E-state index contributed by atoms with van der Waals surface area (Å²) in [4.78, 5) is 11.8. The lowest BCUT2D eigenvalue weighted by atomic mass is 10.1. The van der Waals surface area contributed by atoms with Gasteiger partial charge in [-0.25, -0.2) is 4.79 Å². The summed E-state index contributed by atoms with van der Waals surface area (Å²) in [5.74, 6) is 0. The molecule has 0 radical (unpaired) electrons. The zero-order valence-electron chi connectivity index (χ0n) is 12.0. The minimum Gasteiger partial charge on any atom is -0.396 e. The molecule has 3 N–H and O–H groups in total. The molecule has 0 aromatic heterocycles. The Hall–Kier alpha value is -1.07. The number of halogens is 1. The van der Waals surface area contributed by atoms with Gasteiger partial charge in [0.2, 0.25) is 0 Å². The predicted molar refractivity (Wildman–Crippen MR) is 84.8 cm³/mol. The van der Waals surface area contributed by atoms with Crippen LogP contribution < -0.4 is 10.6 Å². The number of carbonyl (C=O) groups is 1. The number of aliphatic hydroxyl groups excluding tert-OH is 1. The topological polar surface area (TPSA) is 61.4 Å². The molecular weight excluding hydrogens is 320 g/mol. The van der Waals surface area contributed by atoms with Crippen LogP contribution in [0.3, 0.4) is 0 Å². The van der Waals surface area contributed by atoms with E-state index in [2.05, 4.69) is 32.6 Å². The highest BCUT2D eigenvalue weighted by molar-refractivity contribution is 9.10. The smallest absolute Gasteiger partial charge is 0.315 e. The molecule has 0 saturated heterocycles. The maximum Gasteiger partial charge on any atom is 0.315 e. The Morgan fingerprint density at radius 2 is 2.00 bits per heavy atom. The first-order valence-electron chi connectivity index (χ1n) is 6.93.